The molecule has 0 spiro atoms. The third kappa shape index (κ3) is 2.53. The maximum atomic E-state index is 13.0. The van der Waals surface area contributed by atoms with Gasteiger partial charge in [-0.15, -0.1) is 0 Å². The molecule has 2 atom stereocenters. The van der Waals surface area contributed by atoms with Gasteiger partial charge in [0.05, 0.1) is 12.6 Å². The van der Waals surface area contributed by atoms with E-state index in [4.69, 9.17) is 10.6 Å². The lowest BCUT2D eigenvalue weighted by Crippen LogP contribution is -2.34. The molecule has 0 aliphatic carbocycles. The van der Waals surface area contributed by atoms with Gasteiger partial charge in [0.2, 0.25) is 0 Å². The van der Waals surface area contributed by atoms with Crippen molar-refractivity contribution in [2.75, 3.05) is 13.2 Å². The van der Waals surface area contributed by atoms with Crippen LogP contribution in [-0.4, -0.2) is 13.2 Å². The molecule has 1 fully saturated rings. The minimum Gasteiger partial charge on any atom is -0.381 e. The number of rotatable bonds is 3. The van der Waals surface area contributed by atoms with Crippen molar-refractivity contribution in [3.63, 3.8) is 0 Å². The minimum atomic E-state index is -0.216. The molecule has 0 aromatic heterocycles. The molecule has 1 aromatic carbocycles. The number of hydrogen-bond donors (Lipinski definition) is 2. The predicted octanol–water partition coefficient (Wildman–Crippen LogP) is 1.97. The Bertz CT molecular complexity index is 369. The SMILES string of the molecule is NNC(c1ccc(F)cc1I)C1CCOC1. The fourth-order valence-corrected chi connectivity index (χ4v) is 2.86. The second kappa shape index (κ2) is 5.39. The van der Waals surface area contributed by atoms with E-state index < -0.39 is 0 Å². The van der Waals surface area contributed by atoms with E-state index in [0.717, 1.165) is 22.2 Å². The third-order valence-corrected chi connectivity index (χ3v) is 3.85. The highest BCUT2D eigenvalue weighted by Crippen LogP contribution is 2.31. The molecule has 3 nitrogen and oxygen atoms in total. The average Bonchev–Trinajstić information content (AvgIpc) is 2.75. The van der Waals surface area contributed by atoms with E-state index in [1.54, 1.807) is 6.07 Å². The summed E-state index contributed by atoms with van der Waals surface area (Å²) >= 11 is 2.13. The summed E-state index contributed by atoms with van der Waals surface area (Å²) in [7, 11) is 0. The van der Waals surface area contributed by atoms with Gasteiger partial charge in [-0.05, 0) is 46.7 Å². The highest BCUT2D eigenvalue weighted by molar-refractivity contribution is 14.1. The first kappa shape index (κ1) is 12.2. The van der Waals surface area contributed by atoms with Crippen LogP contribution in [0.4, 0.5) is 4.39 Å². The molecule has 1 aromatic rings. The lowest BCUT2D eigenvalue weighted by Gasteiger charge is -2.23. The van der Waals surface area contributed by atoms with Crippen LogP contribution in [0.15, 0.2) is 18.2 Å². The molecular formula is C11H14FIN2O. The average molecular weight is 336 g/mol. The van der Waals surface area contributed by atoms with E-state index in [2.05, 4.69) is 28.0 Å². The molecular weight excluding hydrogens is 322 g/mol. The van der Waals surface area contributed by atoms with Crippen molar-refractivity contribution in [3.05, 3.63) is 33.1 Å². The standard InChI is InChI=1S/C11H14FIN2O/c12-8-1-2-9(10(13)5-8)11(15-14)7-3-4-16-6-7/h1-2,5,7,11,15H,3-4,6,14H2. The summed E-state index contributed by atoms with van der Waals surface area (Å²) in [5.41, 5.74) is 3.85. The van der Waals surface area contributed by atoms with Crippen LogP contribution >= 0.6 is 22.6 Å². The molecule has 88 valence electrons. The number of nitrogens with two attached hydrogens (primary N) is 1. The van der Waals surface area contributed by atoms with E-state index >= 15 is 0 Å². The summed E-state index contributed by atoms with van der Waals surface area (Å²) in [4.78, 5) is 0. The van der Waals surface area contributed by atoms with Crippen LogP contribution in [0, 0.1) is 15.3 Å². The van der Waals surface area contributed by atoms with Crippen molar-refractivity contribution >= 4 is 22.6 Å². The largest absolute Gasteiger partial charge is 0.381 e. The van der Waals surface area contributed by atoms with Gasteiger partial charge in [0.1, 0.15) is 5.82 Å². The Hall–Kier alpha value is -0.240. The lowest BCUT2D eigenvalue weighted by molar-refractivity contribution is 0.176. The van der Waals surface area contributed by atoms with Gasteiger partial charge in [-0.3, -0.25) is 11.3 Å². The van der Waals surface area contributed by atoms with Gasteiger partial charge in [0.25, 0.3) is 0 Å². The predicted molar refractivity (Wildman–Crippen MR) is 68.1 cm³/mol. The molecule has 3 N–H and O–H groups in total. The van der Waals surface area contributed by atoms with Gasteiger partial charge in [0, 0.05) is 16.1 Å². The number of hydrogen-bond acceptors (Lipinski definition) is 3. The molecule has 2 rings (SSSR count). The van der Waals surface area contributed by atoms with Crippen LogP contribution < -0.4 is 11.3 Å². The molecule has 0 amide bonds. The van der Waals surface area contributed by atoms with Crippen LogP contribution in [0.3, 0.4) is 0 Å². The zero-order valence-corrected chi connectivity index (χ0v) is 10.9. The zero-order valence-electron chi connectivity index (χ0n) is 8.75. The molecule has 16 heavy (non-hydrogen) atoms. The Morgan fingerprint density at radius 1 is 1.56 bits per heavy atom. The summed E-state index contributed by atoms with van der Waals surface area (Å²) in [6.45, 7) is 1.49. The van der Waals surface area contributed by atoms with Crippen molar-refractivity contribution in [1.29, 1.82) is 0 Å². The molecule has 5 heteroatoms. The van der Waals surface area contributed by atoms with E-state index in [1.807, 2.05) is 0 Å². The topological polar surface area (TPSA) is 47.3 Å². The highest BCUT2D eigenvalue weighted by atomic mass is 127. The van der Waals surface area contributed by atoms with Gasteiger partial charge >= 0.3 is 0 Å². The summed E-state index contributed by atoms with van der Waals surface area (Å²) in [5, 5.41) is 0. The van der Waals surface area contributed by atoms with Crippen molar-refractivity contribution in [2.24, 2.45) is 11.8 Å². The third-order valence-electron chi connectivity index (χ3n) is 2.91. The van der Waals surface area contributed by atoms with E-state index in [0.29, 0.717) is 12.5 Å². The first-order valence-corrected chi connectivity index (χ1v) is 6.29. The first-order valence-electron chi connectivity index (χ1n) is 5.21. The normalized spacial score (nSPS) is 22.3. The summed E-state index contributed by atoms with van der Waals surface area (Å²) < 4.78 is 19.3. The van der Waals surface area contributed by atoms with Crippen LogP contribution in [0.25, 0.3) is 0 Å². The van der Waals surface area contributed by atoms with Crippen molar-refractivity contribution in [1.82, 2.24) is 5.43 Å². The molecule has 2 unspecified atom stereocenters. The van der Waals surface area contributed by atoms with Gasteiger partial charge in [-0.25, -0.2) is 4.39 Å². The Morgan fingerprint density at radius 3 is 2.94 bits per heavy atom. The highest BCUT2D eigenvalue weighted by Gasteiger charge is 2.27. The Kier molecular flexibility index (Phi) is 4.12. The Labute approximate surface area is 108 Å². The maximum absolute atomic E-state index is 13.0. The minimum absolute atomic E-state index is 0.0370. The number of halogens is 2. The molecule has 0 bridgehead atoms. The fourth-order valence-electron chi connectivity index (χ4n) is 2.05. The first-order chi connectivity index (χ1) is 7.72. The quantitative estimate of drug-likeness (QED) is 0.504. The lowest BCUT2D eigenvalue weighted by atomic mass is 9.93. The number of benzene rings is 1. The Balaban J connectivity index is 2.25. The second-order valence-electron chi connectivity index (χ2n) is 3.93. The van der Waals surface area contributed by atoms with Crippen LogP contribution in [0.5, 0.6) is 0 Å². The second-order valence-corrected chi connectivity index (χ2v) is 5.10. The van der Waals surface area contributed by atoms with Gasteiger partial charge in [0.15, 0.2) is 0 Å². The molecule has 1 aliphatic rings. The van der Waals surface area contributed by atoms with Crippen LogP contribution in [0.2, 0.25) is 0 Å². The van der Waals surface area contributed by atoms with Gasteiger partial charge < -0.3 is 4.74 Å². The fraction of sp³-hybridized carbons (Fsp3) is 0.455. The summed E-state index contributed by atoms with van der Waals surface area (Å²) in [6, 6.07) is 4.82. The molecule has 1 aliphatic heterocycles. The van der Waals surface area contributed by atoms with E-state index in [9.17, 15) is 4.39 Å². The molecule has 1 heterocycles. The van der Waals surface area contributed by atoms with Crippen molar-refractivity contribution < 1.29 is 9.13 Å². The van der Waals surface area contributed by atoms with Crippen molar-refractivity contribution in [3.8, 4) is 0 Å². The number of hydrazine groups is 1. The van der Waals surface area contributed by atoms with E-state index in [1.165, 1.54) is 12.1 Å². The van der Waals surface area contributed by atoms with Crippen LogP contribution in [-0.2, 0) is 4.74 Å². The zero-order chi connectivity index (χ0) is 11.5. The number of ether oxygens (including phenoxy) is 1. The molecule has 0 saturated carbocycles. The maximum Gasteiger partial charge on any atom is 0.124 e. The molecule has 1 saturated heterocycles. The van der Waals surface area contributed by atoms with E-state index in [-0.39, 0.29) is 11.9 Å². The number of nitrogens with one attached hydrogen (secondary N) is 1. The van der Waals surface area contributed by atoms with Gasteiger partial charge in [-0.1, -0.05) is 6.07 Å². The van der Waals surface area contributed by atoms with Gasteiger partial charge in [-0.2, -0.15) is 0 Å². The summed E-state index contributed by atoms with van der Waals surface area (Å²) in [5.74, 6) is 5.74. The molecule has 0 radical (unpaired) electrons. The smallest absolute Gasteiger partial charge is 0.124 e. The monoisotopic (exact) mass is 336 g/mol. The summed E-state index contributed by atoms with van der Waals surface area (Å²) in [6.07, 6.45) is 0.988. The van der Waals surface area contributed by atoms with Crippen molar-refractivity contribution in [2.45, 2.75) is 12.5 Å². The van der Waals surface area contributed by atoms with Crippen LogP contribution in [0.1, 0.15) is 18.0 Å². The Morgan fingerprint density at radius 2 is 2.38 bits per heavy atom.